The number of hydrogen-bond acceptors (Lipinski definition) is 9. The van der Waals surface area contributed by atoms with Gasteiger partial charge in [0, 0.05) is 65.1 Å². The van der Waals surface area contributed by atoms with Crippen molar-refractivity contribution in [3.05, 3.63) is 111 Å². The number of benzene rings is 3. The fourth-order valence-electron chi connectivity index (χ4n) is 7.25. The van der Waals surface area contributed by atoms with E-state index < -0.39 is 48.1 Å². The highest BCUT2D eigenvalue weighted by Gasteiger charge is 2.51. The van der Waals surface area contributed by atoms with Gasteiger partial charge in [0.1, 0.15) is 24.1 Å². The minimum atomic E-state index is -1.39. The third-order valence-corrected chi connectivity index (χ3v) is 10.8. The maximum atomic E-state index is 13.9. The van der Waals surface area contributed by atoms with E-state index in [0.29, 0.717) is 41.8 Å². The largest absolute Gasteiger partial charge is 0.489 e. The van der Waals surface area contributed by atoms with Crippen molar-refractivity contribution in [1.82, 2.24) is 0 Å². The van der Waals surface area contributed by atoms with Crippen LogP contribution < -0.4 is 4.74 Å². The van der Waals surface area contributed by atoms with Crippen molar-refractivity contribution in [1.29, 1.82) is 0 Å². The molecule has 1 aliphatic heterocycles. The maximum Gasteiger partial charge on any atom is 0.352 e. The third kappa shape index (κ3) is 10.1. The average molecular weight is 790 g/mol. The van der Waals surface area contributed by atoms with Crippen molar-refractivity contribution in [2.24, 2.45) is 11.8 Å². The number of carbonyl (C=O) groups is 4. The van der Waals surface area contributed by atoms with Crippen LogP contribution in [0, 0.1) is 23.7 Å². The van der Waals surface area contributed by atoms with Gasteiger partial charge in [-0.05, 0) is 56.0 Å². The number of aryl methyl sites for hydroxylation is 1. The van der Waals surface area contributed by atoms with E-state index in [-0.39, 0.29) is 35.4 Å². The Balaban J connectivity index is 1.49. The molecule has 0 spiro atoms. The molecule has 3 aromatic carbocycles. The number of ether oxygens (including phenoxy) is 5. The Morgan fingerprint density at radius 2 is 1.62 bits per heavy atom. The molecule has 8 atom stereocenters. The molecular formula is C44H46Cl2O9. The summed E-state index contributed by atoms with van der Waals surface area (Å²) in [6.07, 6.45) is 2.93. The highest BCUT2D eigenvalue weighted by Crippen LogP contribution is 2.53. The summed E-state index contributed by atoms with van der Waals surface area (Å²) < 4.78 is 29.3. The first-order valence-corrected chi connectivity index (χ1v) is 19.2. The van der Waals surface area contributed by atoms with Gasteiger partial charge in [0.05, 0.1) is 13.0 Å². The summed E-state index contributed by atoms with van der Waals surface area (Å²) in [7, 11) is 1.37. The fraction of sp³-hybridized carbons (Fsp3) is 0.409. The predicted molar refractivity (Wildman–Crippen MR) is 209 cm³/mol. The van der Waals surface area contributed by atoms with Crippen LogP contribution in [0.3, 0.4) is 0 Å². The van der Waals surface area contributed by atoms with E-state index in [9.17, 15) is 19.2 Å². The molecule has 55 heavy (non-hydrogen) atoms. The lowest BCUT2D eigenvalue weighted by molar-refractivity contribution is -0.172. The van der Waals surface area contributed by atoms with Crippen LogP contribution in [0.1, 0.15) is 93.6 Å². The minimum absolute atomic E-state index is 0.189. The number of carbonyl (C=O) groups excluding carboxylic acids is 4. The van der Waals surface area contributed by atoms with Crippen molar-refractivity contribution in [3.63, 3.8) is 0 Å². The number of esters is 4. The second kappa shape index (κ2) is 19.2. The van der Waals surface area contributed by atoms with Crippen LogP contribution in [-0.4, -0.2) is 49.3 Å². The van der Waals surface area contributed by atoms with Gasteiger partial charge >= 0.3 is 23.9 Å². The van der Waals surface area contributed by atoms with Gasteiger partial charge in [-0.2, -0.15) is 0 Å². The van der Waals surface area contributed by atoms with Crippen LogP contribution in [0.25, 0.3) is 0 Å². The summed E-state index contributed by atoms with van der Waals surface area (Å²) in [5, 5.41) is 0.723. The van der Waals surface area contributed by atoms with E-state index >= 15 is 0 Å². The van der Waals surface area contributed by atoms with Gasteiger partial charge in [-0.1, -0.05) is 90.8 Å². The molecule has 0 amide bonds. The Labute approximate surface area is 332 Å². The Bertz CT molecular complexity index is 1960. The predicted octanol–water partition coefficient (Wildman–Crippen LogP) is 8.89. The number of methoxy groups -OCH3 is 1. The molecule has 11 heteroatoms. The molecule has 1 heterocycles. The van der Waals surface area contributed by atoms with Crippen LogP contribution in [-0.2, 0) is 44.5 Å². The number of rotatable bonds is 15. The summed E-state index contributed by atoms with van der Waals surface area (Å²) in [5.74, 6) is 3.13. The Morgan fingerprint density at radius 3 is 2.27 bits per heavy atom. The Kier molecular flexibility index (Phi) is 14.4. The molecule has 0 aromatic heterocycles. The first-order chi connectivity index (χ1) is 26.4. The number of para-hydroxylation sites is 1. The van der Waals surface area contributed by atoms with E-state index in [4.69, 9.17) is 46.9 Å². The topological polar surface area (TPSA) is 114 Å². The zero-order chi connectivity index (χ0) is 39.6. The molecule has 5 rings (SSSR count). The molecule has 3 aromatic rings. The summed E-state index contributed by atoms with van der Waals surface area (Å²) in [5.41, 5.74) is 2.87. The van der Waals surface area contributed by atoms with Crippen molar-refractivity contribution < 1.29 is 42.9 Å². The molecule has 1 fully saturated rings. The molecule has 9 nitrogen and oxygen atoms in total. The molecule has 290 valence electrons. The van der Waals surface area contributed by atoms with Crippen molar-refractivity contribution in [3.8, 4) is 17.6 Å². The highest BCUT2D eigenvalue weighted by molar-refractivity contribution is 6.32. The number of fused-ring (bicyclic) bond motifs is 3. The van der Waals surface area contributed by atoms with Gasteiger partial charge in [-0.15, -0.1) is 11.8 Å². The lowest BCUT2D eigenvalue weighted by Crippen LogP contribution is -2.30. The Morgan fingerprint density at radius 1 is 0.927 bits per heavy atom. The SMILES string of the molecule is CC#CC[C@@H](C)[C@H](/C=C/[C@H]1[C@@H]2c3cccc(CCCC(=O)OC)c3O[C@@H]2C[C@@H]1OC(=O)[C@H](OC(C)=O)c1ccccc1Cl)OC(=O)[C@H](C)c1ccccc1Cl. The molecule has 1 aliphatic carbocycles. The van der Waals surface area contributed by atoms with Crippen LogP contribution in [0.15, 0.2) is 78.9 Å². The molecule has 1 saturated carbocycles. The van der Waals surface area contributed by atoms with E-state index in [1.165, 1.54) is 14.0 Å². The number of hydrogen-bond donors (Lipinski definition) is 0. The van der Waals surface area contributed by atoms with Crippen molar-refractivity contribution in [2.45, 2.75) is 96.1 Å². The summed E-state index contributed by atoms with van der Waals surface area (Å²) in [6.45, 7) is 6.69. The van der Waals surface area contributed by atoms with Crippen LogP contribution in [0.5, 0.6) is 5.75 Å². The van der Waals surface area contributed by atoms with E-state index in [1.54, 1.807) is 56.3 Å². The lowest BCUT2D eigenvalue weighted by Gasteiger charge is -2.26. The molecular weight excluding hydrogens is 743 g/mol. The van der Waals surface area contributed by atoms with Gasteiger partial charge in [-0.3, -0.25) is 14.4 Å². The van der Waals surface area contributed by atoms with Gasteiger partial charge < -0.3 is 23.7 Å². The highest BCUT2D eigenvalue weighted by atomic mass is 35.5. The monoisotopic (exact) mass is 788 g/mol. The summed E-state index contributed by atoms with van der Waals surface area (Å²) >= 11 is 12.9. The molecule has 0 N–H and O–H groups in total. The standard InChI is InChI=1S/C44H46Cl2O9/c1-6-7-14-26(2)36(54-43(49)27(3)30-17-8-10-20-34(30)45)24-23-32-37(55-44(50)42(52-28(4)47)31-18-9-11-21-35(31)46)25-38-40(32)33-19-12-15-29(41(33)53-38)16-13-22-39(48)51-5/h8-12,15,17-21,23-24,26-27,32,36-38,40,42H,13-14,16,22,25H2,1-5H3/b24-23+/t26-,27-,32-,36+,37+,38-,40-,42-/m1/s1. The van der Waals surface area contributed by atoms with Crippen LogP contribution in [0.2, 0.25) is 10.0 Å². The maximum absolute atomic E-state index is 13.9. The first kappa shape index (κ1) is 41.4. The van der Waals surface area contributed by atoms with Gasteiger partial charge in [0.25, 0.3) is 0 Å². The normalized spacial score (nSPS) is 20.4. The third-order valence-electron chi connectivity index (χ3n) is 10.1. The quantitative estimate of drug-likeness (QED) is 0.0645. The van der Waals surface area contributed by atoms with E-state index in [0.717, 1.165) is 16.9 Å². The number of halogens is 2. The van der Waals surface area contributed by atoms with Crippen molar-refractivity contribution >= 4 is 47.1 Å². The second-order valence-electron chi connectivity index (χ2n) is 13.9. The van der Waals surface area contributed by atoms with Crippen LogP contribution >= 0.6 is 23.2 Å². The summed E-state index contributed by atoms with van der Waals surface area (Å²) in [4.78, 5) is 51.6. The smallest absolute Gasteiger partial charge is 0.352 e. The van der Waals surface area contributed by atoms with Crippen LogP contribution in [0.4, 0.5) is 0 Å². The molecule has 0 radical (unpaired) electrons. The van der Waals surface area contributed by atoms with E-state index in [2.05, 4.69) is 11.8 Å². The fourth-order valence-corrected chi connectivity index (χ4v) is 7.78. The first-order valence-electron chi connectivity index (χ1n) is 18.4. The molecule has 0 unspecified atom stereocenters. The summed E-state index contributed by atoms with van der Waals surface area (Å²) in [6, 6.07) is 19.7. The van der Waals surface area contributed by atoms with Gasteiger partial charge in [-0.25, -0.2) is 4.79 Å². The molecule has 0 saturated heterocycles. The van der Waals surface area contributed by atoms with Crippen molar-refractivity contribution in [2.75, 3.05) is 7.11 Å². The zero-order valence-corrected chi connectivity index (χ0v) is 33.1. The van der Waals surface area contributed by atoms with Gasteiger partial charge in [0.2, 0.25) is 6.10 Å². The van der Waals surface area contributed by atoms with E-state index in [1.807, 2.05) is 43.3 Å². The minimum Gasteiger partial charge on any atom is -0.489 e. The Hall–Kier alpha value is -4.78. The average Bonchev–Trinajstić information content (AvgIpc) is 3.70. The molecule has 0 bridgehead atoms. The zero-order valence-electron chi connectivity index (χ0n) is 31.6. The van der Waals surface area contributed by atoms with Gasteiger partial charge in [0.15, 0.2) is 0 Å². The molecule has 2 aliphatic rings. The second-order valence-corrected chi connectivity index (χ2v) is 14.7. The lowest BCUT2D eigenvalue weighted by atomic mass is 9.85.